The molecule has 1 amide bonds. The van der Waals surface area contributed by atoms with E-state index in [1.165, 1.54) is 0 Å². The molecular weight excluding hydrogens is 580 g/mol. The van der Waals surface area contributed by atoms with Crippen LogP contribution in [0.5, 0.6) is 0 Å². The molecule has 0 aromatic carbocycles. The van der Waals surface area contributed by atoms with Crippen molar-refractivity contribution >= 4 is 5.91 Å². The summed E-state index contributed by atoms with van der Waals surface area (Å²) in [6.45, 7) is -0.648. The van der Waals surface area contributed by atoms with E-state index in [0.717, 1.165) is 0 Å². The molecule has 19 nitrogen and oxygen atoms in total. The van der Waals surface area contributed by atoms with Gasteiger partial charge in [0.05, 0.1) is 31.3 Å². The molecule has 2 aliphatic heterocycles. The first-order valence-electron chi connectivity index (χ1n) is 14.2. The summed E-state index contributed by atoms with van der Waals surface area (Å²) in [7, 11) is 0. The van der Waals surface area contributed by atoms with Crippen molar-refractivity contribution < 1.29 is 64.6 Å². The predicted octanol–water partition coefficient (Wildman–Crippen LogP) is -9.08. The molecule has 2 saturated carbocycles. The van der Waals surface area contributed by atoms with E-state index in [1.807, 2.05) is 0 Å². The Kier molecular flexibility index (Phi) is 11.3. The Hall–Kier alpha value is -1.21. The minimum absolute atomic E-state index is 0.00616. The van der Waals surface area contributed by atoms with Crippen LogP contribution in [0.15, 0.2) is 0 Å². The molecule has 2 heterocycles. The van der Waals surface area contributed by atoms with Crippen LogP contribution < -0.4 is 33.6 Å². The third kappa shape index (κ3) is 7.13. The first-order valence-corrected chi connectivity index (χ1v) is 14.2. The minimum atomic E-state index is -1.83. The van der Waals surface area contributed by atoms with Crippen molar-refractivity contribution in [3.8, 4) is 0 Å². The third-order valence-corrected chi connectivity index (χ3v) is 8.61. The van der Waals surface area contributed by atoms with E-state index in [-0.39, 0.29) is 32.5 Å². The van der Waals surface area contributed by atoms with Crippen LogP contribution in [-0.4, -0.2) is 176 Å². The van der Waals surface area contributed by atoms with Gasteiger partial charge in [-0.1, -0.05) is 0 Å². The summed E-state index contributed by atoms with van der Waals surface area (Å²) in [5.41, 5.74) is 22.2. The Labute approximate surface area is 247 Å². The summed E-state index contributed by atoms with van der Waals surface area (Å²) in [5.74, 6) is -0.837. The van der Waals surface area contributed by atoms with E-state index in [4.69, 9.17) is 47.0 Å². The quantitative estimate of drug-likeness (QED) is 0.0946. The van der Waals surface area contributed by atoms with Crippen molar-refractivity contribution in [1.29, 1.82) is 0 Å². The number of nitrogens with two attached hydrogens (primary N) is 4. The van der Waals surface area contributed by atoms with Crippen molar-refractivity contribution in [3.05, 3.63) is 0 Å². The fourth-order valence-corrected chi connectivity index (χ4v) is 5.67. The fourth-order valence-electron chi connectivity index (χ4n) is 5.67. The molecule has 43 heavy (non-hydrogen) atoms. The van der Waals surface area contributed by atoms with Gasteiger partial charge in [-0.25, -0.2) is 0 Å². The third-order valence-electron chi connectivity index (χ3n) is 8.61. The molecule has 4 aliphatic rings. The van der Waals surface area contributed by atoms with E-state index in [2.05, 4.69) is 10.6 Å². The lowest BCUT2D eigenvalue weighted by molar-refractivity contribution is -0.320. The lowest BCUT2D eigenvalue weighted by Crippen LogP contribution is -2.70. The molecule has 17 unspecified atom stereocenters. The molecule has 0 aromatic heterocycles. The van der Waals surface area contributed by atoms with Crippen LogP contribution >= 0.6 is 0 Å². The zero-order valence-electron chi connectivity index (χ0n) is 23.4. The molecule has 0 bridgehead atoms. The fraction of sp³-hybridized carbons (Fsp3) is 0.958. The molecule has 4 fully saturated rings. The number of carbonyl (C=O) groups excluding carboxylic acids is 1. The number of aliphatic hydroxyl groups excluding tert-OH is 7. The summed E-state index contributed by atoms with van der Waals surface area (Å²) in [6.07, 6.45) is -15.7. The monoisotopic (exact) mass is 626 g/mol. The molecule has 17 atom stereocenters. The maximum atomic E-state index is 12.8. The van der Waals surface area contributed by atoms with E-state index < -0.39 is 116 Å². The number of hydrogen-bond donors (Lipinski definition) is 14. The van der Waals surface area contributed by atoms with Crippen molar-refractivity contribution in [2.75, 3.05) is 26.3 Å². The van der Waals surface area contributed by atoms with Crippen molar-refractivity contribution in [3.63, 3.8) is 0 Å². The largest absolute Gasteiger partial charge is 0.395 e. The van der Waals surface area contributed by atoms with Gasteiger partial charge in [0.1, 0.15) is 54.9 Å². The second-order valence-corrected chi connectivity index (χ2v) is 11.7. The second-order valence-electron chi connectivity index (χ2n) is 11.7. The summed E-state index contributed by atoms with van der Waals surface area (Å²) in [4.78, 5) is 12.8. The highest BCUT2D eigenvalue weighted by Gasteiger charge is 2.59. The van der Waals surface area contributed by atoms with Crippen molar-refractivity contribution in [2.45, 2.75) is 116 Å². The number of hydrogen-bond acceptors (Lipinski definition) is 18. The molecule has 4 rings (SSSR count). The van der Waals surface area contributed by atoms with E-state index >= 15 is 0 Å². The first-order chi connectivity index (χ1) is 20.2. The van der Waals surface area contributed by atoms with Crippen molar-refractivity contribution in [1.82, 2.24) is 10.6 Å². The molecule has 0 aromatic rings. The Balaban J connectivity index is 1.54. The Bertz CT molecular complexity index is 942. The van der Waals surface area contributed by atoms with Gasteiger partial charge in [0.25, 0.3) is 5.91 Å². The molecule has 19 heteroatoms. The summed E-state index contributed by atoms with van der Waals surface area (Å²) >= 11 is 0. The standard InChI is InChI=1S/C24H46N6O13/c25-7-3-8(30-23(38)24(39)4-11(24)26)20(43-22-17(36)12(27)14(33)10(6-32)41-22)18(37)19(7)42-21-13(28)16(35)15(34)9(40-21)5-29-1-2-31/h7-22,29,31-37,39H,1-6,25-28H2,(H,30,38). The maximum Gasteiger partial charge on any atom is 0.253 e. The first kappa shape index (κ1) is 34.7. The zero-order valence-corrected chi connectivity index (χ0v) is 23.4. The predicted molar refractivity (Wildman–Crippen MR) is 142 cm³/mol. The van der Waals surface area contributed by atoms with Crippen LogP contribution in [0.1, 0.15) is 12.8 Å². The molecule has 2 saturated heterocycles. The number of nitrogens with one attached hydrogen (secondary N) is 2. The smallest absolute Gasteiger partial charge is 0.253 e. The van der Waals surface area contributed by atoms with Crippen LogP contribution in [0.3, 0.4) is 0 Å². The SMILES string of the molecule is NC1CC(NC(=O)C2(O)CC2N)C(OC2OC(CO)C(O)C(N)C2O)C(O)C1OC1OC(CNCCO)C(O)C(O)C1N. The van der Waals surface area contributed by atoms with Gasteiger partial charge in [-0.2, -0.15) is 0 Å². The second kappa shape index (κ2) is 14.1. The molecule has 0 radical (unpaired) electrons. The van der Waals surface area contributed by atoms with Gasteiger partial charge in [-0.05, 0) is 6.42 Å². The highest BCUT2D eigenvalue weighted by atomic mass is 16.7. The average molecular weight is 627 g/mol. The van der Waals surface area contributed by atoms with Gasteiger partial charge in [0.15, 0.2) is 18.2 Å². The summed E-state index contributed by atoms with van der Waals surface area (Å²) in [5, 5.41) is 87.8. The van der Waals surface area contributed by atoms with Gasteiger partial charge in [0, 0.05) is 31.6 Å². The normalized spacial score (nSPS) is 50.3. The van der Waals surface area contributed by atoms with Gasteiger partial charge in [-0.3, -0.25) is 4.79 Å². The molecular formula is C24H46N6O13. The number of aliphatic hydroxyl groups is 8. The Morgan fingerprint density at radius 2 is 1.47 bits per heavy atom. The average Bonchev–Trinajstić information content (AvgIpc) is 3.60. The minimum Gasteiger partial charge on any atom is -0.395 e. The molecule has 250 valence electrons. The number of ether oxygens (including phenoxy) is 4. The van der Waals surface area contributed by atoms with Gasteiger partial charge in [0.2, 0.25) is 0 Å². The van der Waals surface area contributed by atoms with E-state index in [1.54, 1.807) is 0 Å². The number of rotatable bonds is 11. The lowest BCUT2D eigenvalue weighted by Gasteiger charge is -2.49. The highest BCUT2D eigenvalue weighted by molar-refractivity contribution is 5.89. The molecule has 2 aliphatic carbocycles. The van der Waals surface area contributed by atoms with E-state index in [9.17, 15) is 40.5 Å². The Morgan fingerprint density at radius 3 is 2.07 bits per heavy atom. The number of carbonyl (C=O) groups is 1. The lowest BCUT2D eigenvalue weighted by atomic mass is 9.83. The van der Waals surface area contributed by atoms with Crippen LogP contribution in [0, 0.1) is 0 Å². The van der Waals surface area contributed by atoms with Gasteiger partial charge >= 0.3 is 0 Å². The maximum absolute atomic E-state index is 12.8. The van der Waals surface area contributed by atoms with Crippen LogP contribution in [0.2, 0.25) is 0 Å². The molecule has 18 N–H and O–H groups in total. The zero-order chi connectivity index (χ0) is 31.8. The van der Waals surface area contributed by atoms with Crippen molar-refractivity contribution in [2.24, 2.45) is 22.9 Å². The van der Waals surface area contributed by atoms with Crippen LogP contribution in [0.4, 0.5) is 0 Å². The van der Waals surface area contributed by atoms with Crippen LogP contribution in [0.25, 0.3) is 0 Å². The summed E-state index contributed by atoms with van der Waals surface area (Å²) in [6, 6.07) is -5.49. The topological polar surface area (TPSA) is 344 Å². The van der Waals surface area contributed by atoms with Gasteiger partial charge < -0.3 is 93.4 Å². The summed E-state index contributed by atoms with van der Waals surface area (Å²) < 4.78 is 23.2. The van der Waals surface area contributed by atoms with Crippen LogP contribution in [-0.2, 0) is 23.7 Å². The Morgan fingerprint density at radius 1 is 0.837 bits per heavy atom. The van der Waals surface area contributed by atoms with E-state index in [0.29, 0.717) is 0 Å². The number of amides is 1. The molecule has 0 spiro atoms. The highest BCUT2D eigenvalue weighted by Crippen LogP contribution is 2.36. The van der Waals surface area contributed by atoms with Gasteiger partial charge in [-0.15, -0.1) is 0 Å².